The number of rotatable bonds is 6. The van der Waals surface area contributed by atoms with Crippen molar-refractivity contribution in [3.05, 3.63) is 64.6 Å². The number of hydrogen-bond acceptors (Lipinski definition) is 3. The van der Waals surface area contributed by atoms with Crippen LogP contribution in [0.15, 0.2) is 59.1 Å². The molecule has 29 heavy (non-hydrogen) atoms. The molecule has 2 aromatic carbocycles. The number of anilines is 1. The fourth-order valence-corrected chi connectivity index (χ4v) is 4.07. The topological polar surface area (TPSA) is 29.0 Å². The fourth-order valence-electron chi connectivity index (χ4n) is 3.81. The van der Waals surface area contributed by atoms with Gasteiger partial charge in [-0.05, 0) is 55.9 Å². The Morgan fingerprint density at radius 3 is 2.00 bits per heavy atom. The summed E-state index contributed by atoms with van der Waals surface area (Å²) in [4.78, 5) is 12.2. The minimum absolute atomic E-state index is 0.857. The molecule has 1 aromatic heterocycles. The molecule has 0 amide bonds. The zero-order valence-electron chi connectivity index (χ0n) is 17.1. The number of piperidine rings is 1. The summed E-state index contributed by atoms with van der Waals surface area (Å²) in [5, 5.41) is 0. The summed E-state index contributed by atoms with van der Waals surface area (Å²) in [6, 6.07) is 19.4. The third-order valence-electron chi connectivity index (χ3n) is 5.56. The van der Waals surface area contributed by atoms with Crippen LogP contribution in [0, 0.1) is 0 Å². The van der Waals surface area contributed by atoms with Gasteiger partial charge in [0.05, 0.1) is 11.4 Å². The third kappa shape index (κ3) is 5.05. The molecule has 0 aliphatic carbocycles. The minimum Gasteiger partial charge on any atom is -0.341 e. The SMILES string of the molecule is CCCCc1ccc(-c2cc(-c3ccc(Br)cc3)nc(N3CCCCC3)n2)cc1. The molecule has 3 nitrogen and oxygen atoms in total. The molecule has 1 saturated heterocycles. The fraction of sp³-hybridized carbons (Fsp3) is 0.360. The summed E-state index contributed by atoms with van der Waals surface area (Å²) in [6.07, 6.45) is 7.34. The zero-order chi connectivity index (χ0) is 20.1. The molecule has 1 fully saturated rings. The van der Waals surface area contributed by atoms with Crippen molar-refractivity contribution < 1.29 is 0 Å². The van der Waals surface area contributed by atoms with Crippen LogP contribution in [0.2, 0.25) is 0 Å². The Balaban J connectivity index is 1.71. The Bertz CT molecular complexity index is 929. The van der Waals surface area contributed by atoms with E-state index >= 15 is 0 Å². The smallest absolute Gasteiger partial charge is 0.226 e. The van der Waals surface area contributed by atoms with Crippen LogP contribution in [0.5, 0.6) is 0 Å². The van der Waals surface area contributed by atoms with Crippen LogP contribution in [0.1, 0.15) is 44.6 Å². The van der Waals surface area contributed by atoms with Gasteiger partial charge in [-0.1, -0.05) is 65.7 Å². The van der Waals surface area contributed by atoms with E-state index in [1.807, 2.05) is 0 Å². The lowest BCUT2D eigenvalue weighted by Gasteiger charge is -2.27. The number of nitrogens with zero attached hydrogens (tertiary/aromatic N) is 3. The molecule has 2 heterocycles. The lowest BCUT2D eigenvalue weighted by atomic mass is 10.0. The van der Waals surface area contributed by atoms with Crippen molar-refractivity contribution in [2.45, 2.75) is 45.4 Å². The number of benzene rings is 2. The first kappa shape index (κ1) is 20.1. The van der Waals surface area contributed by atoms with E-state index in [0.29, 0.717) is 0 Å². The largest absolute Gasteiger partial charge is 0.341 e. The van der Waals surface area contributed by atoms with Crippen molar-refractivity contribution in [3.8, 4) is 22.5 Å². The standard InChI is InChI=1S/C25H28BrN3/c1-2-3-7-19-8-10-20(11-9-19)23-18-24(21-12-14-22(26)15-13-21)28-25(27-23)29-16-5-4-6-17-29/h8-15,18H,2-7,16-17H2,1H3. The molecule has 4 heteroatoms. The first-order valence-electron chi connectivity index (χ1n) is 10.7. The quantitative estimate of drug-likeness (QED) is 0.409. The first-order chi connectivity index (χ1) is 14.2. The molecule has 1 aliphatic rings. The van der Waals surface area contributed by atoms with Crippen molar-refractivity contribution in [2.75, 3.05) is 18.0 Å². The first-order valence-corrected chi connectivity index (χ1v) is 11.5. The van der Waals surface area contributed by atoms with E-state index in [-0.39, 0.29) is 0 Å². The number of aryl methyl sites for hydroxylation is 1. The Kier molecular flexibility index (Phi) is 6.60. The van der Waals surface area contributed by atoms with Crippen LogP contribution in [0.3, 0.4) is 0 Å². The molecule has 0 atom stereocenters. The van der Waals surface area contributed by atoms with Crippen LogP contribution >= 0.6 is 15.9 Å². The second-order valence-corrected chi connectivity index (χ2v) is 8.71. The molecular weight excluding hydrogens is 422 g/mol. The molecule has 150 valence electrons. The maximum Gasteiger partial charge on any atom is 0.226 e. The monoisotopic (exact) mass is 449 g/mol. The Labute approximate surface area is 182 Å². The number of unbranched alkanes of at least 4 members (excludes halogenated alkanes) is 1. The second kappa shape index (κ2) is 9.53. The number of halogens is 1. The Morgan fingerprint density at radius 1 is 0.828 bits per heavy atom. The average Bonchev–Trinajstić information content (AvgIpc) is 2.79. The predicted molar refractivity (Wildman–Crippen MR) is 125 cm³/mol. The highest BCUT2D eigenvalue weighted by Crippen LogP contribution is 2.28. The second-order valence-electron chi connectivity index (χ2n) is 7.79. The van der Waals surface area contributed by atoms with E-state index in [1.165, 1.54) is 37.7 Å². The van der Waals surface area contributed by atoms with Crippen molar-refractivity contribution in [2.24, 2.45) is 0 Å². The highest BCUT2D eigenvalue weighted by Gasteiger charge is 2.16. The van der Waals surface area contributed by atoms with Gasteiger partial charge in [-0.2, -0.15) is 0 Å². The average molecular weight is 450 g/mol. The number of hydrogen-bond donors (Lipinski definition) is 0. The molecular formula is C25H28BrN3. The summed E-state index contributed by atoms with van der Waals surface area (Å²) in [7, 11) is 0. The lowest BCUT2D eigenvalue weighted by molar-refractivity contribution is 0.568. The van der Waals surface area contributed by atoms with Crippen molar-refractivity contribution >= 4 is 21.9 Å². The van der Waals surface area contributed by atoms with Gasteiger partial charge >= 0.3 is 0 Å². The molecule has 0 radical (unpaired) electrons. The summed E-state index contributed by atoms with van der Waals surface area (Å²) in [5.74, 6) is 0.857. The van der Waals surface area contributed by atoms with Crippen LogP contribution < -0.4 is 4.90 Å². The third-order valence-corrected chi connectivity index (χ3v) is 6.09. The van der Waals surface area contributed by atoms with E-state index in [9.17, 15) is 0 Å². The van der Waals surface area contributed by atoms with Crippen molar-refractivity contribution in [3.63, 3.8) is 0 Å². The maximum atomic E-state index is 4.97. The van der Waals surface area contributed by atoms with Crippen molar-refractivity contribution in [1.29, 1.82) is 0 Å². The molecule has 0 spiro atoms. The highest BCUT2D eigenvalue weighted by molar-refractivity contribution is 9.10. The van der Waals surface area contributed by atoms with Gasteiger partial charge in [-0.15, -0.1) is 0 Å². The molecule has 3 aromatic rings. The zero-order valence-corrected chi connectivity index (χ0v) is 18.7. The summed E-state index contributed by atoms with van der Waals surface area (Å²) < 4.78 is 1.08. The van der Waals surface area contributed by atoms with Gasteiger partial charge in [-0.25, -0.2) is 9.97 Å². The highest BCUT2D eigenvalue weighted by atomic mass is 79.9. The summed E-state index contributed by atoms with van der Waals surface area (Å²) in [5.41, 5.74) is 5.66. The number of aromatic nitrogens is 2. The normalized spacial score (nSPS) is 14.2. The molecule has 1 aliphatic heterocycles. The minimum atomic E-state index is 0.857. The van der Waals surface area contributed by atoms with Gasteiger partial charge in [0.1, 0.15) is 0 Å². The molecule has 0 unspecified atom stereocenters. The molecule has 0 saturated carbocycles. The van der Waals surface area contributed by atoms with Gasteiger partial charge in [0.2, 0.25) is 5.95 Å². The van der Waals surface area contributed by atoms with Gasteiger partial charge < -0.3 is 4.90 Å². The van der Waals surface area contributed by atoms with Crippen LogP contribution in [-0.4, -0.2) is 23.1 Å². The summed E-state index contributed by atoms with van der Waals surface area (Å²) in [6.45, 7) is 4.32. The Morgan fingerprint density at radius 2 is 1.41 bits per heavy atom. The van der Waals surface area contributed by atoms with E-state index in [2.05, 4.69) is 82.4 Å². The lowest BCUT2D eigenvalue weighted by Crippen LogP contribution is -2.31. The van der Waals surface area contributed by atoms with E-state index in [1.54, 1.807) is 0 Å². The van der Waals surface area contributed by atoms with Gasteiger partial charge in [0.25, 0.3) is 0 Å². The summed E-state index contributed by atoms with van der Waals surface area (Å²) >= 11 is 3.53. The van der Waals surface area contributed by atoms with Gasteiger partial charge in [0, 0.05) is 28.7 Å². The van der Waals surface area contributed by atoms with Gasteiger partial charge in [-0.3, -0.25) is 0 Å². The predicted octanol–water partition coefficient (Wildman–Crippen LogP) is 6.91. The van der Waals surface area contributed by atoms with Gasteiger partial charge in [0.15, 0.2) is 0 Å². The van der Waals surface area contributed by atoms with Crippen LogP contribution in [-0.2, 0) is 6.42 Å². The van der Waals surface area contributed by atoms with E-state index in [0.717, 1.165) is 52.4 Å². The van der Waals surface area contributed by atoms with Crippen LogP contribution in [0.25, 0.3) is 22.5 Å². The Hall–Kier alpha value is -2.20. The molecule has 4 rings (SSSR count). The van der Waals surface area contributed by atoms with Crippen LogP contribution in [0.4, 0.5) is 5.95 Å². The molecule has 0 bridgehead atoms. The van der Waals surface area contributed by atoms with E-state index in [4.69, 9.17) is 9.97 Å². The van der Waals surface area contributed by atoms with Crippen molar-refractivity contribution in [1.82, 2.24) is 9.97 Å². The maximum absolute atomic E-state index is 4.97. The molecule has 0 N–H and O–H groups in total. The van der Waals surface area contributed by atoms with E-state index < -0.39 is 0 Å².